The summed E-state index contributed by atoms with van der Waals surface area (Å²) in [6, 6.07) is -0.0794. The van der Waals surface area contributed by atoms with Crippen LogP contribution in [-0.2, 0) is 0 Å². The number of carbonyl (C=O) groups excluding carboxylic acids is 1. The lowest BCUT2D eigenvalue weighted by Gasteiger charge is -2.05. The third-order valence-corrected chi connectivity index (χ3v) is 2.70. The molecular formula is C10H13F3N4O2. The molecule has 1 aliphatic heterocycles. The van der Waals surface area contributed by atoms with E-state index in [9.17, 15) is 18.0 Å². The van der Waals surface area contributed by atoms with Crippen molar-refractivity contribution in [3.05, 3.63) is 11.7 Å². The average Bonchev–Trinajstić information content (AvgIpc) is 2.98. The Bertz CT molecular complexity index is 440. The molecule has 1 amide bonds. The Labute approximate surface area is 106 Å². The van der Waals surface area contributed by atoms with Crippen LogP contribution in [0.1, 0.15) is 41.8 Å². The highest BCUT2D eigenvalue weighted by Gasteiger charge is 2.28. The second-order valence-electron chi connectivity index (χ2n) is 4.23. The first-order valence-electron chi connectivity index (χ1n) is 5.87. The molecule has 0 radical (unpaired) electrons. The van der Waals surface area contributed by atoms with Gasteiger partial charge in [-0.1, -0.05) is 5.16 Å². The molecule has 9 heteroatoms. The van der Waals surface area contributed by atoms with Crippen LogP contribution in [0.2, 0.25) is 0 Å². The van der Waals surface area contributed by atoms with Crippen LogP contribution in [-0.4, -0.2) is 35.3 Å². The molecule has 1 aromatic heterocycles. The zero-order valence-electron chi connectivity index (χ0n) is 9.96. The van der Waals surface area contributed by atoms with Gasteiger partial charge in [0, 0.05) is 6.54 Å². The smallest absolute Gasteiger partial charge is 0.349 e. The van der Waals surface area contributed by atoms with Crippen molar-refractivity contribution >= 4 is 5.91 Å². The van der Waals surface area contributed by atoms with E-state index in [2.05, 4.69) is 20.8 Å². The van der Waals surface area contributed by atoms with E-state index in [0.717, 1.165) is 19.4 Å². The lowest BCUT2D eigenvalue weighted by Crippen LogP contribution is -2.28. The number of rotatable bonds is 4. The van der Waals surface area contributed by atoms with E-state index in [0.29, 0.717) is 5.89 Å². The third kappa shape index (κ3) is 3.91. The van der Waals surface area contributed by atoms with Gasteiger partial charge in [-0.15, -0.1) is 0 Å². The molecule has 1 aromatic rings. The van der Waals surface area contributed by atoms with Gasteiger partial charge in [-0.3, -0.25) is 4.79 Å². The highest BCUT2D eigenvalue weighted by atomic mass is 19.4. The SMILES string of the molecule is O=C(NCCC(F)(F)F)c1noc(C2CCCN2)n1. The zero-order valence-corrected chi connectivity index (χ0v) is 9.96. The van der Waals surface area contributed by atoms with Crippen molar-refractivity contribution in [2.75, 3.05) is 13.1 Å². The van der Waals surface area contributed by atoms with Crippen LogP contribution >= 0.6 is 0 Å². The Hall–Kier alpha value is -1.64. The van der Waals surface area contributed by atoms with Crippen molar-refractivity contribution in [3.63, 3.8) is 0 Å². The fourth-order valence-electron chi connectivity index (χ4n) is 1.76. The van der Waals surface area contributed by atoms with Gasteiger partial charge in [0.1, 0.15) is 0 Å². The summed E-state index contributed by atoms with van der Waals surface area (Å²) < 4.78 is 40.6. The van der Waals surface area contributed by atoms with E-state index < -0.39 is 25.0 Å². The van der Waals surface area contributed by atoms with Crippen molar-refractivity contribution in [2.24, 2.45) is 0 Å². The Morgan fingerprint density at radius 1 is 1.53 bits per heavy atom. The van der Waals surface area contributed by atoms with E-state index >= 15 is 0 Å². The van der Waals surface area contributed by atoms with Gasteiger partial charge in [-0.2, -0.15) is 18.2 Å². The first kappa shape index (κ1) is 13.8. The number of halogens is 3. The summed E-state index contributed by atoms with van der Waals surface area (Å²) >= 11 is 0. The third-order valence-electron chi connectivity index (χ3n) is 2.70. The van der Waals surface area contributed by atoms with Gasteiger partial charge in [0.05, 0.1) is 12.5 Å². The molecule has 2 heterocycles. The Balaban J connectivity index is 1.85. The maximum absolute atomic E-state index is 11.9. The number of amides is 1. The molecule has 2 rings (SSSR count). The van der Waals surface area contributed by atoms with E-state index in [1.165, 1.54) is 0 Å². The van der Waals surface area contributed by atoms with Crippen molar-refractivity contribution < 1.29 is 22.5 Å². The Morgan fingerprint density at radius 3 is 2.95 bits per heavy atom. The number of hydrogen-bond acceptors (Lipinski definition) is 5. The molecular weight excluding hydrogens is 265 g/mol. The number of hydrogen-bond donors (Lipinski definition) is 2. The van der Waals surface area contributed by atoms with Crippen LogP contribution in [0.5, 0.6) is 0 Å². The summed E-state index contributed by atoms with van der Waals surface area (Å²) in [5.41, 5.74) is 0. The lowest BCUT2D eigenvalue weighted by molar-refractivity contribution is -0.133. The molecule has 0 aromatic carbocycles. The quantitative estimate of drug-likeness (QED) is 0.864. The minimum Gasteiger partial charge on any atom is -0.349 e. The number of aromatic nitrogens is 2. The number of nitrogens with zero attached hydrogens (tertiary/aromatic N) is 2. The fraction of sp³-hybridized carbons (Fsp3) is 0.700. The van der Waals surface area contributed by atoms with Crippen LogP contribution in [0.3, 0.4) is 0 Å². The maximum atomic E-state index is 11.9. The average molecular weight is 278 g/mol. The van der Waals surface area contributed by atoms with Crippen LogP contribution < -0.4 is 10.6 Å². The molecule has 1 aliphatic rings. The second kappa shape index (κ2) is 5.55. The summed E-state index contributed by atoms with van der Waals surface area (Å²) in [6.07, 6.45) is -3.59. The van der Waals surface area contributed by atoms with Crippen molar-refractivity contribution in [1.82, 2.24) is 20.8 Å². The van der Waals surface area contributed by atoms with Gasteiger partial charge < -0.3 is 15.2 Å². The molecule has 1 fully saturated rings. The molecule has 0 spiro atoms. The van der Waals surface area contributed by atoms with Gasteiger partial charge in [0.2, 0.25) is 5.89 Å². The molecule has 0 aliphatic carbocycles. The molecule has 0 bridgehead atoms. The van der Waals surface area contributed by atoms with Crippen LogP contribution in [0.25, 0.3) is 0 Å². The first-order chi connectivity index (χ1) is 8.96. The van der Waals surface area contributed by atoms with Gasteiger partial charge in [0.15, 0.2) is 0 Å². The molecule has 106 valence electrons. The molecule has 2 N–H and O–H groups in total. The first-order valence-corrected chi connectivity index (χ1v) is 5.87. The number of carbonyl (C=O) groups is 1. The Morgan fingerprint density at radius 2 is 2.32 bits per heavy atom. The summed E-state index contributed by atoms with van der Waals surface area (Å²) in [7, 11) is 0. The molecule has 1 atom stereocenters. The summed E-state index contributed by atoms with van der Waals surface area (Å²) in [5, 5.41) is 8.66. The molecule has 0 saturated carbocycles. The summed E-state index contributed by atoms with van der Waals surface area (Å²) in [4.78, 5) is 15.3. The zero-order chi connectivity index (χ0) is 13.9. The number of nitrogens with one attached hydrogen (secondary N) is 2. The molecule has 1 unspecified atom stereocenters. The van der Waals surface area contributed by atoms with E-state index in [1.807, 2.05) is 0 Å². The van der Waals surface area contributed by atoms with Gasteiger partial charge >= 0.3 is 6.18 Å². The van der Waals surface area contributed by atoms with E-state index in [4.69, 9.17) is 4.52 Å². The molecule has 19 heavy (non-hydrogen) atoms. The van der Waals surface area contributed by atoms with Crippen LogP contribution in [0, 0.1) is 0 Å². The van der Waals surface area contributed by atoms with E-state index in [1.54, 1.807) is 0 Å². The van der Waals surface area contributed by atoms with Crippen LogP contribution in [0.4, 0.5) is 13.2 Å². The minimum absolute atomic E-state index is 0.0794. The minimum atomic E-state index is -4.30. The lowest BCUT2D eigenvalue weighted by atomic mass is 10.2. The highest BCUT2D eigenvalue weighted by molar-refractivity contribution is 5.90. The van der Waals surface area contributed by atoms with Crippen molar-refractivity contribution in [1.29, 1.82) is 0 Å². The van der Waals surface area contributed by atoms with Gasteiger partial charge in [-0.05, 0) is 19.4 Å². The second-order valence-corrected chi connectivity index (χ2v) is 4.23. The van der Waals surface area contributed by atoms with Gasteiger partial charge in [-0.25, -0.2) is 0 Å². The standard InChI is InChI=1S/C10H13F3N4O2/c11-10(12,13)3-5-15-8(18)7-16-9(19-17-7)6-2-1-4-14-6/h6,14H,1-5H2,(H,15,18). The van der Waals surface area contributed by atoms with Crippen molar-refractivity contribution in [3.8, 4) is 0 Å². The monoisotopic (exact) mass is 278 g/mol. The topological polar surface area (TPSA) is 80.0 Å². The molecule has 6 nitrogen and oxygen atoms in total. The highest BCUT2D eigenvalue weighted by Crippen LogP contribution is 2.21. The van der Waals surface area contributed by atoms with Gasteiger partial charge in [0.25, 0.3) is 11.7 Å². The summed E-state index contributed by atoms with van der Waals surface area (Å²) in [6.45, 7) is 0.327. The summed E-state index contributed by atoms with van der Waals surface area (Å²) in [5.74, 6) is -0.721. The van der Waals surface area contributed by atoms with Crippen LogP contribution in [0.15, 0.2) is 4.52 Å². The van der Waals surface area contributed by atoms with Crippen molar-refractivity contribution in [2.45, 2.75) is 31.5 Å². The number of alkyl halides is 3. The fourth-order valence-corrected chi connectivity index (χ4v) is 1.76. The predicted molar refractivity (Wildman–Crippen MR) is 57.3 cm³/mol. The normalized spacial score (nSPS) is 19.6. The largest absolute Gasteiger partial charge is 0.390 e. The molecule has 1 saturated heterocycles. The maximum Gasteiger partial charge on any atom is 0.390 e. The Kier molecular flexibility index (Phi) is 4.03. The van der Waals surface area contributed by atoms with E-state index in [-0.39, 0.29) is 11.9 Å². The predicted octanol–water partition coefficient (Wildman–Crippen LogP) is 1.18.